The molecule has 2 aromatic rings. The molecule has 0 radical (unpaired) electrons. The fourth-order valence-corrected chi connectivity index (χ4v) is 2.29. The van der Waals surface area contributed by atoms with Crippen LogP contribution in [-0.4, -0.2) is 21.3 Å². The lowest BCUT2D eigenvalue weighted by molar-refractivity contribution is 0.506. The normalized spacial score (nSPS) is 12.9. The van der Waals surface area contributed by atoms with E-state index >= 15 is 0 Å². The third-order valence-corrected chi connectivity index (χ3v) is 3.46. The van der Waals surface area contributed by atoms with E-state index in [1.807, 2.05) is 23.1 Å². The summed E-state index contributed by atoms with van der Waals surface area (Å²) in [5, 5.41) is 8.74. The van der Waals surface area contributed by atoms with Gasteiger partial charge < -0.3 is 5.32 Å². The smallest absolute Gasteiger partial charge is 0.109 e. The molecule has 0 saturated heterocycles. The summed E-state index contributed by atoms with van der Waals surface area (Å²) in [6.45, 7) is 6.02. The number of aryl methyl sites for hydroxylation is 1. The summed E-state index contributed by atoms with van der Waals surface area (Å²) in [5.41, 5.74) is 0. The molecule has 2 rings (SSSR count). The van der Waals surface area contributed by atoms with Crippen molar-refractivity contribution >= 4 is 11.3 Å². The first-order valence-electron chi connectivity index (χ1n) is 5.39. The second-order valence-electron chi connectivity index (χ2n) is 3.75. The van der Waals surface area contributed by atoms with Crippen molar-refractivity contribution in [2.24, 2.45) is 0 Å². The van der Waals surface area contributed by atoms with Crippen LogP contribution in [0.3, 0.4) is 0 Å². The van der Waals surface area contributed by atoms with Gasteiger partial charge in [-0.1, -0.05) is 0 Å². The Morgan fingerprint density at radius 2 is 2.44 bits per heavy atom. The van der Waals surface area contributed by atoms with E-state index in [9.17, 15) is 0 Å². The predicted molar refractivity (Wildman–Crippen MR) is 65.5 cm³/mol. The molecule has 16 heavy (non-hydrogen) atoms. The van der Waals surface area contributed by atoms with Crippen LogP contribution in [0.1, 0.15) is 22.9 Å². The summed E-state index contributed by atoms with van der Waals surface area (Å²) in [4.78, 5) is 5.62. The molecule has 0 aromatic carbocycles. The summed E-state index contributed by atoms with van der Waals surface area (Å²) in [7, 11) is 0. The molecular formula is C11H16N4S. The molecule has 4 nitrogen and oxygen atoms in total. The Bertz CT molecular complexity index is 421. The van der Waals surface area contributed by atoms with Crippen LogP contribution in [0.4, 0.5) is 0 Å². The van der Waals surface area contributed by atoms with Crippen LogP contribution in [-0.2, 0) is 6.54 Å². The highest BCUT2D eigenvalue weighted by Crippen LogP contribution is 2.18. The second-order valence-corrected chi connectivity index (χ2v) is 5.02. The number of nitrogens with zero attached hydrogens (tertiary/aromatic N) is 3. The standard InChI is InChI=1S/C11H16N4S/c1-9-8-13-11(16-9)10(2)12-5-7-15-6-3-4-14-15/h3-4,6,8,10,12H,5,7H2,1-2H3. The maximum atomic E-state index is 4.36. The molecule has 5 heteroatoms. The predicted octanol–water partition coefficient (Wildman–Crippen LogP) is 2.00. The Balaban J connectivity index is 1.78. The minimum Gasteiger partial charge on any atom is -0.306 e. The molecule has 1 atom stereocenters. The van der Waals surface area contributed by atoms with E-state index < -0.39 is 0 Å². The SMILES string of the molecule is Cc1cnc(C(C)NCCn2cccn2)s1. The quantitative estimate of drug-likeness (QED) is 0.863. The molecule has 0 spiro atoms. The summed E-state index contributed by atoms with van der Waals surface area (Å²) in [6, 6.07) is 2.25. The molecule has 0 saturated carbocycles. The van der Waals surface area contributed by atoms with E-state index in [0.29, 0.717) is 6.04 Å². The van der Waals surface area contributed by atoms with Gasteiger partial charge in [0.25, 0.3) is 0 Å². The van der Waals surface area contributed by atoms with Crippen LogP contribution in [0, 0.1) is 6.92 Å². The van der Waals surface area contributed by atoms with Crippen molar-refractivity contribution in [3.05, 3.63) is 34.5 Å². The fraction of sp³-hybridized carbons (Fsp3) is 0.455. The van der Waals surface area contributed by atoms with Crippen molar-refractivity contribution in [3.63, 3.8) is 0 Å². The second kappa shape index (κ2) is 5.23. The van der Waals surface area contributed by atoms with Crippen LogP contribution in [0.15, 0.2) is 24.7 Å². The Kier molecular flexibility index (Phi) is 3.69. The van der Waals surface area contributed by atoms with Crippen LogP contribution in [0.2, 0.25) is 0 Å². The van der Waals surface area contributed by atoms with Crippen LogP contribution in [0.25, 0.3) is 0 Å². The lowest BCUT2D eigenvalue weighted by Gasteiger charge is -2.10. The van der Waals surface area contributed by atoms with Gasteiger partial charge in [-0.15, -0.1) is 11.3 Å². The average molecular weight is 236 g/mol. The molecule has 2 heterocycles. The Morgan fingerprint density at radius 3 is 3.06 bits per heavy atom. The summed E-state index contributed by atoms with van der Waals surface area (Å²) in [6.07, 6.45) is 5.69. The zero-order valence-electron chi connectivity index (χ0n) is 9.55. The van der Waals surface area contributed by atoms with Gasteiger partial charge >= 0.3 is 0 Å². The lowest BCUT2D eigenvalue weighted by atomic mass is 10.3. The first-order chi connectivity index (χ1) is 7.75. The number of nitrogens with one attached hydrogen (secondary N) is 1. The van der Waals surface area contributed by atoms with E-state index in [4.69, 9.17) is 0 Å². The number of thiazole rings is 1. The highest BCUT2D eigenvalue weighted by Gasteiger charge is 2.07. The largest absolute Gasteiger partial charge is 0.306 e. The first kappa shape index (κ1) is 11.3. The Morgan fingerprint density at radius 1 is 1.56 bits per heavy atom. The van der Waals surface area contributed by atoms with Gasteiger partial charge in [-0.2, -0.15) is 5.10 Å². The fourth-order valence-electron chi connectivity index (χ4n) is 1.49. The molecule has 0 fully saturated rings. The summed E-state index contributed by atoms with van der Waals surface area (Å²) < 4.78 is 1.92. The molecular weight excluding hydrogens is 220 g/mol. The molecule has 0 aliphatic rings. The van der Waals surface area contributed by atoms with Gasteiger partial charge in [0, 0.05) is 30.0 Å². The summed E-state index contributed by atoms with van der Waals surface area (Å²) in [5.74, 6) is 0. The van der Waals surface area contributed by atoms with Crippen LogP contribution >= 0.6 is 11.3 Å². The van der Waals surface area contributed by atoms with Crippen molar-refractivity contribution < 1.29 is 0 Å². The van der Waals surface area contributed by atoms with Crippen LogP contribution < -0.4 is 5.32 Å². The number of aromatic nitrogens is 3. The number of hydrogen-bond donors (Lipinski definition) is 1. The van der Waals surface area contributed by atoms with E-state index in [2.05, 4.69) is 29.2 Å². The molecule has 0 amide bonds. The van der Waals surface area contributed by atoms with Crippen molar-refractivity contribution in [2.45, 2.75) is 26.4 Å². The average Bonchev–Trinajstić information content (AvgIpc) is 2.89. The van der Waals surface area contributed by atoms with Gasteiger partial charge in [0.05, 0.1) is 12.6 Å². The third-order valence-electron chi connectivity index (χ3n) is 2.36. The van der Waals surface area contributed by atoms with Crippen LogP contribution in [0.5, 0.6) is 0 Å². The molecule has 1 N–H and O–H groups in total. The van der Waals surface area contributed by atoms with E-state index in [-0.39, 0.29) is 0 Å². The maximum Gasteiger partial charge on any atom is 0.109 e. The van der Waals surface area contributed by atoms with Gasteiger partial charge in [0.2, 0.25) is 0 Å². The highest BCUT2D eigenvalue weighted by atomic mass is 32.1. The number of rotatable bonds is 5. The van der Waals surface area contributed by atoms with Crippen molar-refractivity contribution in [1.82, 2.24) is 20.1 Å². The molecule has 86 valence electrons. The van der Waals surface area contributed by atoms with Crippen molar-refractivity contribution in [1.29, 1.82) is 0 Å². The lowest BCUT2D eigenvalue weighted by Crippen LogP contribution is -2.23. The van der Waals surface area contributed by atoms with E-state index in [0.717, 1.165) is 18.1 Å². The highest BCUT2D eigenvalue weighted by molar-refractivity contribution is 7.11. The zero-order valence-corrected chi connectivity index (χ0v) is 10.4. The summed E-state index contributed by atoms with van der Waals surface area (Å²) >= 11 is 1.75. The third kappa shape index (κ3) is 2.90. The minimum atomic E-state index is 0.314. The Labute approximate surface area is 99.3 Å². The van der Waals surface area contributed by atoms with E-state index in [1.54, 1.807) is 17.5 Å². The van der Waals surface area contributed by atoms with Gasteiger partial charge in [-0.05, 0) is 19.9 Å². The van der Waals surface area contributed by atoms with E-state index in [1.165, 1.54) is 4.88 Å². The maximum absolute atomic E-state index is 4.36. The van der Waals surface area contributed by atoms with Gasteiger partial charge in [0.1, 0.15) is 5.01 Å². The monoisotopic (exact) mass is 236 g/mol. The zero-order chi connectivity index (χ0) is 11.4. The molecule has 0 bridgehead atoms. The molecule has 1 unspecified atom stereocenters. The molecule has 0 aliphatic heterocycles. The van der Waals surface area contributed by atoms with Gasteiger partial charge in [-0.25, -0.2) is 4.98 Å². The van der Waals surface area contributed by atoms with Crippen molar-refractivity contribution in [3.8, 4) is 0 Å². The number of hydrogen-bond acceptors (Lipinski definition) is 4. The van der Waals surface area contributed by atoms with Gasteiger partial charge in [-0.3, -0.25) is 4.68 Å². The first-order valence-corrected chi connectivity index (χ1v) is 6.20. The topological polar surface area (TPSA) is 42.7 Å². The minimum absolute atomic E-state index is 0.314. The molecule has 0 aliphatic carbocycles. The molecule has 2 aromatic heterocycles. The van der Waals surface area contributed by atoms with Gasteiger partial charge in [0.15, 0.2) is 0 Å². The van der Waals surface area contributed by atoms with Crippen molar-refractivity contribution in [2.75, 3.05) is 6.54 Å². The Hall–Kier alpha value is -1.20.